The van der Waals surface area contributed by atoms with Gasteiger partial charge < -0.3 is 29.7 Å². The molecule has 3 aromatic carbocycles. The zero-order valence-electron chi connectivity index (χ0n) is 28.2. The number of likely N-dealkylation sites (tertiary alicyclic amines) is 1. The van der Waals surface area contributed by atoms with Crippen molar-refractivity contribution in [2.45, 2.75) is 55.5 Å². The second-order valence-corrected chi connectivity index (χ2v) is 13.5. The molecule has 1 spiro atoms. The zero-order valence-corrected chi connectivity index (χ0v) is 29.0. The number of aliphatic hydroxyl groups excluding tert-OH is 1. The number of halogens is 1. The van der Waals surface area contributed by atoms with E-state index in [-0.39, 0.29) is 19.6 Å². The summed E-state index contributed by atoms with van der Waals surface area (Å²) in [6.45, 7) is 7.02. The van der Waals surface area contributed by atoms with E-state index >= 15 is 0 Å². The number of carbonyl (C=O) groups excluding carboxylic acids is 4. The van der Waals surface area contributed by atoms with Gasteiger partial charge in [0.05, 0.1) is 47.3 Å². The number of aliphatic hydroxyl groups is 1. The van der Waals surface area contributed by atoms with Gasteiger partial charge in [-0.1, -0.05) is 96.5 Å². The van der Waals surface area contributed by atoms with E-state index in [0.717, 1.165) is 5.56 Å². The second-order valence-electron chi connectivity index (χ2n) is 13.1. The van der Waals surface area contributed by atoms with E-state index in [1.807, 2.05) is 36.4 Å². The van der Waals surface area contributed by atoms with Crippen LogP contribution in [-0.4, -0.2) is 71.2 Å². The van der Waals surface area contributed by atoms with Gasteiger partial charge in [-0.3, -0.25) is 19.2 Å². The molecular weight excluding hydrogens is 670 g/mol. The number of nitrogens with one attached hydrogen (secondary N) is 1. The average molecular weight is 712 g/mol. The molecule has 3 saturated heterocycles. The first kappa shape index (κ1) is 36.0. The van der Waals surface area contributed by atoms with Crippen molar-refractivity contribution >= 4 is 41.0 Å². The Balaban J connectivity index is 1.38. The van der Waals surface area contributed by atoms with Crippen molar-refractivity contribution in [2.75, 3.05) is 24.7 Å². The van der Waals surface area contributed by atoms with Crippen molar-refractivity contribution in [3.8, 4) is 0 Å². The van der Waals surface area contributed by atoms with Gasteiger partial charge in [0, 0.05) is 13.0 Å². The number of ether oxygens (including phenoxy) is 2. The second kappa shape index (κ2) is 15.6. The molecule has 10 nitrogen and oxygen atoms in total. The number of allylic oxidation sites excluding steroid dienone is 1. The molecule has 0 aliphatic carbocycles. The summed E-state index contributed by atoms with van der Waals surface area (Å²) in [5, 5.41) is 14.2. The molecule has 11 heteroatoms. The van der Waals surface area contributed by atoms with Crippen molar-refractivity contribution in [1.29, 1.82) is 0 Å². The maximum absolute atomic E-state index is 15.0. The third-order valence-electron chi connectivity index (χ3n) is 10.2. The molecule has 7 atom stereocenters. The lowest BCUT2D eigenvalue weighted by atomic mass is 9.70. The Bertz CT molecular complexity index is 1770. The number of nitrogens with zero attached hydrogens (tertiary/aromatic N) is 2. The SMILES string of the molecule is C=CCCC(=O)OC[C@@H](NC(=O)[C@@H]1[C@@H]2CC[C@]3(O2)[C@H](C(=O)N(CC=C)c2ccccc2Cl)N([C@H](CO)c2ccccc2)C(=O)[C@@H]13)c1ccccc1. The Kier molecular flexibility index (Phi) is 11.0. The summed E-state index contributed by atoms with van der Waals surface area (Å²) < 4.78 is 12.3. The molecule has 0 saturated carbocycles. The zero-order chi connectivity index (χ0) is 36.1. The highest BCUT2D eigenvalue weighted by Gasteiger charge is 2.75. The van der Waals surface area contributed by atoms with E-state index in [2.05, 4.69) is 18.5 Å². The lowest BCUT2D eigenvalue weighted by molar-refractivity contribution is -0.146. The number of rotatable bonds is 15. The Morgan fingerprint density at radius 1 is 1.02 bits per heavy atom. The predicted molar refractivity (Wildman–Crippen MR) is 192 cm³/mol. The van der Waals surface area contributed by atoms with Gasteiger partial charge in [-0.15, -0.1) is 13.2 Å². The maximum Gasteiger partial charge on any atom is 0.306 e. The fourth-order valence-corrected chi connectivity index (χ4v) is 8.17. The minimum absolute atomic E-state index is 0.0919. The fourth-order valence-electron chi connectivity index (χ4n) is 7.93. The van der Waals surface area contributed by atoms with Crippen molar-refractivity contribution < 1.29 is 33.8 Å². The molecule has 0 aromatic heterocycles. The highest BCUT2D eigenvalue weighted by atomic mass is 35.5. The Hall–Kier alpha value is -4.77. The van der Waals surface area contributed by atoms with Gasteiger partial charge >= 0.3 is 5.97 Å². The van der Waals surface area contributed by atoms with Crippen LogP contribution < -0.4 is 10.2 Å². The van der Waals surface area contributed by atoms with E-state index in [1.165, 1.54) is 9.80 Å². The van der Waals surface area contributed by atoms with Crippen LogP contribution in [0.4, 0.5) is 5.69 Å². The van der Waals surface area contributed by atoms with Crippen LogP contribution in [-0.2, 0) is 28.7 Å². The van der Waals surface area contributed by atoms with E-state index in [9.17, 15) is 24.3 Å². The summed E-state index contributed by atoms with van der Waals surface area (Å²) in [6, 6.07) is 22.3. The molecule has 0 radical (unpaired) electrons. The minimum atomic E-state index is -1.36. The number of anilines is 1. The molecule has 6 rings (SSSR count). The average Bonchev–Trinajstić information content (AvgIpc) is 3.80. The van der Waals surface area contributed by atoms with Crippen LogP contribution in [0.5, 0.6) is 0 Å². The largest absolute Gasteiger partial charge is 0.463 e. The number of para-hydroxylation sites is 1. The molecule has 3 aromatic rings. The van der Waals surface area contributed by atoms with Crippen LogP contribution in [0.3, 0.4) is 0 Å². The molecule has 3 fully saturated rings. The fraction of sp³-hybridized carbons (Fsp3) is 0.350. The van der Waals surface area contributed by atoms with Crippen LogP contribution >= 0.6 is 11.6 Å². The maximum atomic E-state index is 15.0. The standard InChI is InChI=1S/C40H42ClN3O7/c1-3-5-20-33(46)50-25-29(26-14-8-6-9-15-26)42-37(47)34-32-21-22-40(51-32)35(34)38(48)44(31(24-45)27-16-10-7-11-17-27)36(40)39(49)43(23-4-2)30-19-13-12-18-28(30)41/h3-4,6-19,29,31-32,34-36,45H,1-2,5,20-25H2,(H,42,47)/t29-,31-,32+,34-,35-,36+,40-/m1/s1. The van der Waals surface area contributed by atoms with Gasteiger partial charge in [0.1, 0.15) is 18.2 Å². The van der Waals surface area contributed by atoms with E-state index in [0.29, 0.717) is 35.5 Å². The number of carbonyl (C=O) groups is 4. The molecule has 2 N–H and O–H groups in total. The van der Waals surface area contributed by atoms with Crippen molar-refractivity contribution in [3.63, 3.8) is 0 Å². The van der Waals surface area contributed by atoms with Crippen molar-refractivity contribution in [1.82, 2.24) is 10.2 Å². The van der Waals surface area contributed by atoms with E-state index in [4.69, 9.17) is 21.1 Å². The molecule has 3 aliphatic heterocycles. The monoisotopic (exact) mass is 711 g/mol. The number of benzene rings is 3. The Morgan fingerprint density at radius 3 is 2.33 bits per heavy atom. The number of hydrogen-bond donors (Lipinski definition) is 2. The Labute approximate surface area is 302 Å². The number of hydrogen-bond acceptors (Lipinski definition) is 7. The van der Waals surface area contributed by atoms with Gasteiger partial charge in [0.25, 0.3) is 5.91 Å². The third-order valence-corrected chi connectivity index (χ3v) is 10.5. The third kappa shape index (κ3) is 6.83. The number of amides is 3. The Morgan fingerprint density at radius 2 is 1.69 bits per heavy atom. The van der Waals surface area contributed by atoms with Gasteiger partial charge in [0.2, 0.25) is 11.8 Å². The first-order chi connectivity index (χ1) is 24.7. The van der Waals surface area contributed by atoms with Crippen LogP contribution in [0.1, 0.15) is 48.9 Å². The molecule has 266 valence electrons. The summed E-state index contributed by atoms with van der Waals surface area (Å²) in [4.78, 5) is 59.6. The molecule has 3 amide bonds. The van der Waals surface area contributed by atoms with Crippen LogP contribution in [0.25, 0.3) is 0 Å². The molecule has 51 heavy (non-hydrogen) atoms. The van der Waals surface area contributed by atoms with Crippen LogP contribution in [0.2, 0.25) is 5.02 Å². The first-order valence-electron chi connectivity index (χ1n) is 17.2. The summed E-state index contributed by atoms with van der Waals surface area (Å²) >= 11 is 6.61. The van der Waals surface area contributed by atoms with E-state index in [1.54, 1.807) is 60.7 Å². The topological polar surface area (TPSA) is 125 Å². The van der Waals surface area contributed by atoms with Gasteiger partial charge in [-0.05, 0) is 42.5 Å². The lowest BCUT2D eigenvalue weighted by Gasteiger charge is -2.39. The van der Waals surface area contributed by atoms with Gasteiger partial charge in [-0.2, -0.15) is 0 Å². The number of fused-ring (bicyclic) bond motifs is 1. The first-order valence-corrected chi connectivity index (χ1v) is 17.6. The highest BCUT2D eigenvalue weighted by Crippen LogP contribution is 2.60. The molecular formula is C40H42ClN3O7. The summed E-state index contributed by atoms with van der Waals surface area (Å²) in [5.41, 5.74) is 0.432. The minimum Gasteiger partial charge on any atom is -0.463 e. The molecule has 2 bridgehead atoms. The smallest absolute Gasteiger partial charge is 0.306 e. The van der Waals surface area contributed by atoms with Crippen LogP contribution in [0, 0.1) is 11.8 Å². The molecule has 3 heterocycles. The van der Waals surface area contributed by atoms with Crippen molar-refractivity contribution in [3.05, 3.63) is 126 Å². The quantitative estimate of drug-likeness (QED) is 0.161. The van der Waals surface area contributed by atoms with Gasteiger partial charge in [0.15, 0.2) is 0 Å². The summed E-state index contributed by atoms with van der Waals surface area (Å²) in [5.74, 6) is -3.75. The molecule has 3 aliphatic rings. The van der Waals surface area contributed by atoms with Crippen LogP contribution in [0.15, 0.2) is 110 Å². The summed E-state index contributed by atoms with van der Waals surface area (Å²) in [6.07, 6.45) is 3.98. The van der Waals surface area contributed by atoms with Gasteiger partial charge in [-0.25, -0.2) is 0 Å². The molecule has 0 unspecified atom stereocenters. The predicted octanol–water partition coefficient (Wildman–Crippen LogP) is 5.33. The number of esters is 1. The van der Waals surface area contributed by atoms with E-state index < -0.39 is 72.0 Å². The summed E-state index contributed by atoms with van der Waals surface area (Å²) in [7, 11) is 0. The normalized spacial score (nSPS) is 24.4. The van der Waals surface area contributed by atoms with Crippen molar-refractivity contribution in [2.24, 2.45) is 11.8 Å². The highest BCUT2D eigenvalue weighted by molar-refractivity contribution is 6.34. The lowest BCUT2D eigenvalue weighted by Crippen LogP contribution is -2.57.